The number of nitrogens with zero attached hydrogens (tertiary/aromatic N) is 1. The first kappa shape index (κ1) is 22.8. The zero-order valence-corrected chi connectivity index (χ0v) is 18.4. The Morgan fingerprint density at radius 2 is 1.77 bits per heavy atom. The summed E-state index contributed by atoms with van der Waals surface area (Å²) in [7, 11) is 1.65. The molecule has 1 amide bonds. The highest BCUT2D eigenvalue weighted by Crippen LogP contribution is 2.36. The minimum absolute atomic E-state index is 0.131. The Morgan fingerprint density at radius 3 is 2.35 bits per heavy atom. The topological polar surface area (TPSA) is 33.5 Å². The minimum Gasteiger partial charge on any atom is -0.457 e. The fourth-order valence-electron chi connectivity index (χ4n) is 1.94. The largest absolute Gasteiger partial charge is 0.457 e. The van der Waals surface area contributed by atoms with Gasteiger partial charge >= 0.3 is 0 Å². The standard InChI is InChI=1S/C15H9Cl2NO2S2.2C2H6/c1-18-14(19)12(22-15(18)21)7-8-5-6-11(20-8)9-3-2-4-10(16)13(9)17;2*1-2/h2-7H,1H3;2*1-2H3/b12-7-;;. The molecule has 0 spiro atoms. The highest BCUT2D eigenvalue weighted by atomic mass is 35.5. The number of carbonyl (C=O) groups is 1. The lowest BCUT2D eigenvalue weighted by atomic mass is 10.2. The molecule has 0 saturated carbocycles. The Bertz CT molecular complexity index is 816. The number of benzene rings is 1. The zero-order chi connectivity index (χ0) is 19.9. The van der Waals surface area contributed by atoms with Crippen molar-refractivity contribution in [1.29, 1.82) is 0 Å². The molecule has 26 heavy (non-hydrogen) atoms. The van der Waals surface area contributed by atoms with Crippen molar-refractivity contribution in [3.05, 3.63) is 51.0 Å². The van der Waals surface area contributed by atoms with Gasteiger partial charge in [0.1, 0.15) is 15.8 Å². The van der Waals surface area contributed by atoms with Crippen molar-refractivity contribution in [3.63, 3.8) is 0 Å². The number of halogens is 2. The number of amides is 1. The summed E-state index contributed by atoms with van der Waals surface area (Å²) >= 11 is 18.5. The minimum atomic E-state index is -0.131. The van der Waals surface area contributed by atoms with Crippen LogP contribution in [0.1, 0.15) is 33.5 Å². The van der Waals surface area contributed by atoms with E-state index in [1.807, 2.05) is 33.8 Å². The van der Waals surface area contributed by atoms with Crippen LogP contribution in [0, 0.1) is 0 Å². The van der Waals surface area contributed by atoms with Crippen LogP contribution in [0.15, 0.2) is 39.7 Å². The molecule has 1 aromatic carbocycles. The third-order valence-electron chi connectivity index (χ3n) is 3.10. The smallest absolute Gasteiger partial charge is 0.266 e. The van der Waals surface area contributed by atoms with Crippen LogP contribution in [-0.4, -0.2) is 22.2 Å². The highest BCUT2D eigenvalue weighted by Gasteiger charge is 2.29. The van der Waals surface area contributed by atoms with E-state index in [1.54, 1.807) is 37.4 Å². The Balaban J connectivity index is 0.000000791. The maximum atomic E-state index is 12.0. The normalized spacial score (nSPS) is 14.7. The summed E-state index contributed by atoms with van der Waals surface area (Å²) in [5.41, 5.74) is 0.705. The van der Waals surface area contributed by atoms with Gasteiger partial charge in [0.15, 0.2) is 0 Å². The second-order valence-corrected chi connectivity index (χ2v) is 7.01. The van der Waals surface area contributed by atoms with Crippen LogP contribution in [0.2, 0.25) is 10.0 Å². The van der Waals surface area contributed by atoms with Gasteiger partial charge in [-0.25, -0.2) is 0 Å². The van der Waals surface area contributed by atoms with Crippen LogP contribution in [-0.2, 0) is 4.79 Å². The SMILES string of the molecule is CC.CC.CN1C(=O)/C(=C/c2ccc(-c3cccc(Cl)c3Cl)o2)SC1=S. The average Bonchev–Trinajstić information content (AvgIpc) is 3.22. The molecule has 0 unspecified atom stereocenters. The molecule has 0 radical (unpaired) electrons. The number of rotatable bonds is 2. The van der Waals surface area contributed by atoms with E-state index in [4.69, 9.17) is 39.8 Å². The van der Waals surface area contributed by atoms with Crippen LogP contribution in [0.5, 0.6) is 0 Å². The van der Waals surface area contributed by atoms with E-state index in [1.165, 1.54) is 16.7 Å². The number of hydrogen-bond acceptors (Lipinski definition) is 4. The fraction of sp³-hybridized carbons (Fsp3) is 0.263. The number of furan rings is 1. The Hall–Kier alpha value is -1.27. The molecular formula is C19H21Cl2NO2S2. The van der Waals surface area contributed by atoms with Crippen LogP contribution in [0.3, 0.4) is 0 Å². The van der Waals surface area contributed by atoms with Gasteiger partial charge in [0.2, 0.25) is 0 Å². The molecule has 1 aromatic heterocycles. The first-order valence-corrected chi connectivity index (χ1v) is 10.2. The molecular weight excluding hydrogens is 409 g/mol. The van der Waals surface area contributed by atoms with E-state index in [-0.39, 0.29) is 5.91 Å². The summed E-state index contributed by atoms with van der Waals surface area (Å²) in [5, 5.41) is 0.897. The second kappa shape index (κ2) is 10.8. The Morgan fingerprint density at radius 1 is 1.12 bits per heavy atom. The molecule has 3 nitrogen and oxygen atoms in total. The number of likely N-dealkylation sites (N-methyl/N-ethyl adjacent to an activating group) is 1. The summed E-state index contributed by atoms with van der Waals surface area (Å²) < 4.78 is 6.27. The van der Waals surface area contributed by atoms with Crippen molar-refractivity contribution in [2.75, 3.05) is 7.05 Å². The van der Waals surface area contributed by atoms with E-state index in [0.717, 1.165) is 0 Å². The lowest BCUT2D eigenvalue weighted by molar-refractivity contribution is -0.121. The van der Waals surface area contributed by atoms with Crippen molar-refractivity contribution in [3.8, 4) is 11.3 Å². The van der Waals surface area contributed by atoms with Crippen molar-refractivity contribution in [2.24, 2.45) is 0 Å². The first-order valence-electron chi connectivity index (χ1n) is 8.23. The molecule has 1 aliphatic rings. The van der Waals surface area contributed by atoms with Crippen LogP contribution < -0.4 is 0 Å². The van der Waals surface area contributed by atoms with Gasteiger partial charge in [-0.3, -0.25) is 9.69 Å². The van der Waals surface area contributed by atoms with E-state index < -0.39 is 0 Å². The molecule has 1 saturated heterocycles. The predicted octanol–water partition coefficient (Wildman–Crippen LogP) is 7.14. The predicted molar refractivity (Wildman–Crippen MR) is 118 cm³/mol. The van der Waals surface area contributed by atoms with Crippen LogP contribution in [0.4, 0.5) is 0 Å². The van der Waals surface area contributed by atoms with Crippen molar-refractivity contribution in [1.82, 2.24) is 4.90 Å². The summed E-state index contributed by atoms with van der Waals surface area (Å²) in [6, 6.07) is 8.89. The lowest BCUT2D eigenvalue weighted by Crippen LogP contribution is -2.22. The molecule has 0 atom stereocenters. The van der Waals surface area contributed by atoms with Gasteiger partial charge in [0.05, 0.1) is 15.0 Å². The quantitative estimate of drug-likeness (QED) is 0.375. The fourth-order valence-corrected chi connectivity index (χ4v) is 3.50. The van der Waals surface area contributed by atoms with Gasteiger partial charge in [-0.05, 0) is 24.3 Å². The van der Waals surface area contributed by atoms with Gasteiger partial charge in [0, 0.05) is 18.7 Å². The highest BCUT2D eigenvalue weighted by molar-refractivity contribution is 8.26. The first-order chi connectivity index (χ1) is 12.5. The maximum absolute atomic E-state index is 12.0. The van der Waals surface area contributed by atoms with Gasteiger partial charge < -0.3 is 4.42 Å². The van der Waals surface area contributed by atoms with E-state index in [2.05, 4.69) is 0 Å². The molecule has 0 aliphatic carbocycles. The Kier molecular flexibility index (Phi) is 9.44. The number of carbonyl (C=O) groups excluding carboxylic acids is 1. The molecule has 0 N–H and O–H groups in total. The molecule has 1 fully saturated rings. The monoisotopic (exact) mass is 429 g/mol. The molecule has 1 aliphatic heterocycles. The summed E-state index contributed by atoms with van der Waals surface area (Å²) in [4.78, 5) is 13.9. The Labute approximate surface area is 174 Å². The van der Waals surface area contributed by atoms with E-state index in [0.29, 0.717) is 36.4 Å². The van der Waals surface area contributed by atoms with Crippen LogP contribution in [0.25, 0.3) is 17.4 Å². The van der Waals surface area contributed by atoms with E-state index >= 15 is 0 Å². The molecule has 3 rings (SSSR count). The molecule has 2 heterocycles. The summed E-state index contributed by atoms with van der Waals surface area (Å²) in [6.07, 6.45) is 1.67. The number of hydrogen-bond donors (Lipinski definition) is 0. The van der Waals surface area contributed by atoms with Gasteiger partial charge in [-0.2, -0.15) is 0 Å². The number of thioether (sulfide) groups is 1. The van der Waals surface area contributed by atoms with Crippen molar-refractivity contribution in [2.45, 2.75) is 27.7 Å². The number of thiocarbonyl (C=S) groups is 1. The van der Waals surface area contributed by atoms with Gasteiger partial charge in [-0.15, -0.1) is 0 Å². The van der Waals surface area contributed by atoms with Gasteiger partial charge in [0.25, 0.3) is 5.91 Å². The molecule has 0 bridgehead atoms. The van der Waals surface area contributed by atoms with Gasteiger partial charge in [-0.1, -0.05) is 80.9 Å². The second-order valence-electron chi connectivity index (χ2n) is 4.54. The maximum Gasteiger partial charge on any atom is 0.266 e. The van der Waals surface area contributed by atoms with Crippen molar-refractivity contribution < 1.29 is 9.21 Å². The summed E-state index contributed by atoms with van der Waals surface area (Å²) in [5.74, 6) is 1.01. The molecule has 7 heteroatoms. The average molecular weight is 430 g/mol. The molecule has 140 valence electrons. The van der Waals surface area contributed by atoms with E-state index in [9.17, 15) is 4.79 Å². The zero-order valence-electron chi connectivity index (χ0n) is 15.3. The lowest BCUT2D eigenvalue weighted by Gasteiger charge is -2.03. The third-order valence-corrected chi connectivity index (χ3v) is 5.41. The third kappa shape index (κ3) is 5.13. The summed E-state index contributed by atoms with van der Waals surface area (Å²) in [6.45, 7) is 8.00. The van der Waals surface area contributed by atoms with Crippen molar-refractivity contribution >= 4 is 63.5 Å². The van der Waals surface area contributed by atoms with Crippen LogP contribution >= 0.6 is 47.2 Å². The molecule has 2 aromatic rings.